The monoisotopic (exact) mass is 154 g/mol. The van der Waals surface area contributed by atoms with Crippen LogP contribution in [0.2, 0.25) is 0 Å². The smallest absolute Gasteiger partial charge is 0.151 e. The number of carbonyl (C=O) groups is 1. The maximum atomic E-state index is 10.2. The molecule has 10 heavy (non-hydrogen) atoms. The lowest BCUT2D eigenvalue weighted by molar-refractivity contribution is 0.112. The predicted octanol–water partition coefficient (Wildman–Crippen LogP) is 1.49. The summed E-state index contributed by atoms with van der Waals surface area (Å²) in [7, 11) is 0. The Hall–Kier alpha value is -0.960. The van der Waals surface area contributed by atoms with Crippen LogP contribution in [0.3, 0.4) is 0 Å². The van der Waals surface area contributed by atoms with Crippen LogP contribution in [0, 0.1) is 0 Å². The number of aldehydes is 1. The van der Waals surface area contributed by atoms with Crippen LogP contribution in [0.15, 0.2) is 23.1 Å². The Bertz CT molecular complexity index is 258. The van der Waals surface area contributed by atoms with Crippen molar-refractivity contribution in [2.75, 3.05) is 0 Å². The third-order valence-corrected chi connectivity index (χ3v) is 1.55. The van der Waals surface area contributed by atoms with E-state index in [4.69, 9.17) is 5.11 Å². The first-order valence-corrected chi connectivity index (χ1v) is 3.16. The second-order valence-electron chi connectivity index (χ2n) is 1.86. The first-order valence-electron chi connectivity index (χ1n) is 2.71. The number of phenols is 1. The van der Waals surface area contributed by atoms with Gasteiger partial charge in [0.25, 0.3) is 0 Å². The zero-order valence-electron chi connectivity index (χ0n) is 5.11. The van der Waals surface area contributed by atoms with Gasteiger partial charge in [-0.05, 0) is 18.2 Å². The maximum Gasteiger partial charge on any atom is 0.151 e. The number of hydrogen-bond acceptors (Lipinski definition) is 3. The molecule has 0 aliphatic heterocycles. The van der Waals surface area contributed by atoms with Gasteiger partial charge in [-0.1, -0.05) is 0 Å². The molecule has 0 aliphatic rings. The summed E-state index contributed by atoms with van der Waals surface area (Å²) in [5.41, 5.74) is 0.406. The second-order valence-corrected chi connectivity index (χ2v) is 2.34. The number of thiol groups is 1. The van der Waals surface area contributed by atoms with Crippen LogP contribution in [0.5, 0.6) is 5.75 Å². The van der Waals surface area contributed by atoms with E-state index in [-0.39, 0.29) is 5.75 Å². The summed E-state index contributed by atoms with van der Waals surface area (Å²) in [6.45, 7) is 0. The molecule has 0 heterocycles. The van der Waals surface area contributed by atoms with E-state index in [9.17, 15) is 4.79 Å². The predicted molar refractivity (Wildman–Crippen MR) is 40.7 cm³/mol. The van der Waals surface area contributed by atoms with Gasteiger partial charge >= 0.3 is 0 Å². The van der Waals surface area contributed by atoms with Gasteiger partial charge in [0.15, 0.2) is 6.29 Å². The third-order valence-electron chi connectivity index (χ3n) is 1.14. The van der Waals surface area contributed by atoms with Gasteiger partial charge in [0, 0.05) is 10.5 Å². The standard InChI is InChI=1S/C7H6O2S/c8-4-5-3-6(9)1-2-7(5)10/h1-4,9-10H. The Morgan fingerprint density at radius 3 is 2.70 bits per heavy atom. The lowest BCUT2D eigenvalue weighted by Gasteiger charge is -1.95. The van der Waals surface area contributed by atoms with Crippen LogP contribution in [-0.2, 0) is 0 Å². The highest BCUT2D eigenvalue weighted by atomic mass is 32.1. The molecule has 0 saturated heterocycles. The molecule has 0 spiro atoms. The molecular weight excluding hydrogens is 148 g/mol. The molecule has 0 aliphatic carbocycles. The number of hydrogen-bond donors (Lipinski definition) is 2. The Morgan fingerprint density at radius 2 is 2.20 bits per heavy atom. The summed E-state index contributed by atoms with van der Waals surface area (Å²) in [6.07, 6.45) is 0.655. The fourth-order valence-electron chi connectivity index (χ4n) is 0.636. The van der Waals surface area contributed by atoms with Crippen molar-refractivity contribution in [3.63, 3.8) is 0 Å². The highest BCUT2D eigenvalue weighted by molar-refractivity contribution is 7.80. The van der Waals surface area contributed by atoms with E-state index >= 15 is 0 Å². The molecule has 0 aromatic heterocycles. The lowest BCUT2D eigenvalue weighted by Crippen LogP contribution is -1.80. The van der Waals surface area contributed by atoms with E-state index in [2.05, 4.69) is 12.6 Å². The van der Waals surface area contributed by atoms with Crippen LogP contribution in [0.1, 0.15) is 10.4 Å². The molecule has 0 radical (unpaired) electrons. The Kier molecular flexibility index (Phi) is 1.97. The summed E-state index contributed by atoms with van der Waals surface area (Å²) in [5.74, 6) is 0.0832. The largest absolute Gasteiger partial charge is 0.508 e. The van der Waals surface area contributed by atoms with E-state index in [0.29, 0.717) is 16.7 Å². The van der Waals surface area contributed by atoms with Crippen molar-refractivity contribution < 1.29 is 9.90 Å². The Morgan fingerprint density at radius 1 is 1.50 bits per heavy atom. The maximum absolute atomic E-state index is 10.2. The van der Waals surface area contributed by atoms with Gasteiger partial charge in [-0.2, -0.15) is 0 Å². The number of rotatable bonds is 1. The fourth-order valence-corrected chi connectivity index (χ4v) is 0.828. The fraction of sp³-hybridized carbons (Fsp3) is 0. The molecular formula is C7H6O2S. The molecule has 1 aromatic rings. The topological polar surface area (TPSA) is 37.3 Å². The minimum atomic E-state index is 0.0832. The van der Waals surface area contributed by atoms with Crippen molar-refractivity contribution in [1.29, 1.82) is 0 Å². The SMILES string of the molecule is O=Cc1cc(O)ccc1S. The highest BCUT2D eigenvalue weighted by Gasteiger charge is 1.96. The summed E-state index contributed by atoms with van der Waals surface area (Å²) in [4.78, 5) is 10.8. The molecule has 3 heteroatoms. The highest BCUT2D eigenvalue weighted by Crippen LogP contribution is 2.17. The molecule has 0 unspecified atom stereocenters. The minimum Gasteiger partial charge on any atom is -0.508 e. The van der Waals surface area contributed by atoms with E-state index in [1.165, 1.54) is 12.1 Å². The number of carbonyl (C=O) groups excluding carboxylic acids is 1. The molecule has 52 valence electrons. The molecule has 0 atom stereocenters. The third kappa shape index (κ3) is 1.30. The molecule has 1 N–H and O–H groups in total. The van der Waals surface area contributed by atoms with E-state index in [0.717, 1.165) is 0 Å². The van der Waals surface area contributed by atoms with Crippen molar-refractivity contribution in [1.82, 2.24) is 0 Å². The van der Waals surface area contributed by atoms with Gasteiger partial charge < -0.3 is 5.11 Å². The molecule has 1 aromatic carbocycles. The zero-order valence-corrected chi connectivity index (χ0v) is 6.01. The van der Waals surface area contributed by atoms with Crippen LogP contribution in [0.25, 0.3) is 0 Å². The minimum absolute atomic E-state index is 0.0832. The van der Waals surface area contributed by atoms with Gasteiger partial charge in [-0.15, -0.1) is 12.6 Å². The van der Waals surface area contributed by atoms with Crippen molar-refractivity contribution in [2.45, 2.75) is 4.90 Å². The first-order chi connectivity index (χ1) is 4.74. The van der Waals surface area contributed by atoms with Gasteiger partial charge in [-0.3, -0.25) is 4.79 Å². The average molecular weight is 154 g/mol. The molecule has 0 amide bonds. The summed E-state index contributed by atoms with van der Waals surface area (Å²) in [5, 5.41) is 8.88. The van der Waals surface area contributed by atoms with E-state index < -0.39 is 0 Å². The van der Waals surface area contributed by atoms with Gasteiger partial charge in [0.1, 0.15) is 5.75 Å². The average Bonchev–Trinajstić information content (AvgIpc) is 1.94. The molecule has 0 fully saturated rings. The molecule has 2 nitrogen and oxygen atoms in total. The van der Waals surface area contributed by atoms with Crippen LogP contribution in [0.4, 0.5) is 0 Å². The molecule has 0 saturated carbocycles. The Labute approximate surface area is 63.9 Å². The molecule has 0 bridgehead atoms. The normalized spacial score (nSPS) is 9.30. The van der Waals surface area contributed by atoms with E-state index in [1.54, 1.807) is 6.07 Å². The van der Waals surface area contributed by atoms with Crippen molar-refractivity contribution in [3.05, 3.63) is 23.8 Å². The quantitative estimate of drug-likeness (QED) is 0.475. The van der Waals surface area contributed by atoms with Gasteiger partial charge in [0.2, 0.25) is 0 Å². The number of aromatic hydroxyl groups is 1. The van der Waals surface area contributed by atoms with Gasteiger partial charge in [0.05, 0.1) is 0 Å². The summed E-state index contributed by atoms with van der Waals surface area (Å²) < 4.78 is 0. The van der Waals surface area contributed by atoms with Crippen molar-refractivity contribution in [2.24, 2.45) is 0 Å². The molecule has 1 rings (SSSR count). The van der Waals surface area contributed by atoms with Crippen molar-refractivity contribution >= 4 is 18.9 Å². The van der Waals surface area contributed by atoms with Crippen molar-refractivity contribution in [3.8, 4) is 5.75 Å². The van der Waals surface area contributed by atoms with Gasteiger partial charge in [-0.25, -0.2) is 0 Å². The van der Waals surface area contributed by atoms with Crippen LogP contribution < -0.4 is 0 Å². The van der Waals surface area contributed by atoms with Crippen LogP contribution >= 0.6 is 12.6 Å². The summed E-state index contributed by atoms with van der Waals surface area (Å²) in [6, 6.07) is 4.42. The Balaban J connectivity index is 3.21. The zero-order chi connectivity index (χ0) is 7.56. The number of benzene rings is 1. The number of phenolic OH excluding ortho intramolecular Hbond substituents is 1. The second kappa shape index (κ2) is 2.75. The first kappa shape index (κ1) is 7.15. The lowest BCUT2D eigenvalue weighted by atomic mass is 10.2. The van der Waals surface area contributed by atoms with E-state index in [1.807, 2.05) is 0 Å². The van der Waals surface area contributed by atoms with Crippen LogP contribution in [-0.4, -0.2) is 11.4 Å². The summed E-state index contributed by atoms with van der Waals surface area (Å²) >= 11 is 3.98.